The largest absolute Gasteiger partial charge is 0.492 e. The van der Waals surface area contributed by atoms with Crippen LogP contribution in [-0.2, 0) is 6.61 Å². The van der Waals surface area contributed by atoms with Crippen molar-refractivity contribution in [2.75, 3.05) is 7.11 Å². The van der Waals surface area contributed by atoms with Crippen LogP contribution in [0.5, 0.6) is 11.5 Å². The van der Waals surface area contributed by atoms with E-state index in [4.69, 9.17) is 14.6 Å². The van der Waals surface area contributed by atoms with Crippen molar-refractivity contribution in [3.8, 4) is 11.5 Å². The molecule has 1 aliphatic heterocycles. The molecule has 0 spiro atoms. The highest BCUT2D eigenvalue weighted by Gasteiger charge is 2.37. The minimum absolute atomic E-state index is 0.0185. The standard InChI is InChI=1S/C32H27FN2O4S/c1-20-8-4-5-11-26(20)31(37)35-32(40-30(34-35)23-14-16-25(33)17-15-23)27-12-7-13-28(29(27)38-3)39-19-22-9-6-10-24(18-22)21(2)36/h4-18,32H,19H2,1-3H3. The SMILES string of the molecule is COc1c(OCc2cccc(C(C)=O)c2)cccc1C1SC(c2ccc(F)cc2)=NN1C(=O)c1ccccc1C. The minimum atomic E-state index is -0.563. The van der Waals surface area contributed by atoms with Crippen molar-refractivity contribution < 1.29 is 23.5 Å². The molecule has 1 amide bonds. The number of hydrogen-bond donors (Lipinski definition) is 0. The van der Waals surface area contributed by atoms with Gasteiger partial charge in [0.05, 0.1) is 7.11 Å². The molecule has 4 aromatic carbocycles. The van der Waals surface area contributed by atoms with Crippen molar-refractivity contribution >= 4 is 28.5 Å². The number of ketones is 1. The molecular formula is C32H27FN2O4S. The van der Waals surface area contributed by atoms with Gasteiger partial charge in [0.15, 0.2) is 17.3 Å². The van der Waals surface area contributed by atoms with E-state index in [9.17, 15) is 14.0 Å². The molecule has 1 unspecified atom stereocenters. The van der Waals surface area contributed by atoms with Crippen LogP contribution in [0.1, 0.15) is 55.3 Å². The third-order valence-corrected chi connectivity index (χ3v) is 7.74. The maximum Gasteiger partial charge on any atom is 0.275 e. The van der Waals surface area contributed by atoms with Crippen LogP contribution in [0.25, 0.3) is 0 Å². The topological polar surface area (TPSA) is 68.2 Å². The Balaban J connectivity index is 1.50. The molecule has 0 radical (unpaired) electrons. The van der Waals surface area contributed by atoms with Gasteiger partial charge < -0.3 is 9.47 Å². The lowest BCUT2D eigenvalue weighted by Crippen LogP contribution is -2.27. The Morgan fingerprint density at radius 2 is 1.73 bits per heavy atom. The van der Waals surface area contributed by atoms with Gasteiger partial charge in [0.2, 0.25) is 0 Å². The third-order valence-electron chi connectivity index (χ3n) is 6.53. The van der Waals surface area contributed by atoms with Gasteiger partial charge in [0.25, 0.3) is 5.91 Å². The van der Waals surface area contributed by atoms with Crippen molar-refractivity contribution in [2.24, 2.45) is 5.10 Å². The van der Waals surface area contributed by atoms with Gasteiger partial charge in [-0.2, -0.15) is 5.10 Å². The van der Waals surface area contributed by atoms with Gasteiger partial charge in [-0.3, -0.25) is 9.59 Å². The van der Waals surface area contributed by atoms with Gasteiger partial charge in [-0.05, 0) is 67.4 Å². The first-order valence-electron chi connectivity index (χ1n) is 12.7. The number of methoxy groups -OCH3 is 1. The zero-order chi connectivity index (χ0) is 28.2. The van der Waals surface area contributed by atoms with Gasteiger partial charge in [0, 0.05) is 22.3 Å². The number of nitrogens with zero attached hydrogens (tertiary/aromatic N) is 2. The van der Waals surface area contributed by atoms with Crippen LogP contribution in [0.2, 0.25) is 0 Å². The summed E-state index contributed by atoms with van der Waals surface area (Å²) in [6.07, 6.45) is 0. The average molecular weight is 555 g/mol. The molecule has 0 bridgehead atoms. The second-order valence-corrected chi connectivity index (χ2v) is 10.3. The summed E-state index contributed by atoms with van der Waals surface area (Å²) in [6.45, 7) is 3.63. The van der Waals surface area contributed by atoms with E-state index in [0.717, 1.165) is 11.1 Å². The Morgan fingerprint density at radius 1 is 0.975 bits per heavy atom. The van der Waals surface area contributed by atoms with Crippen LogP contribution in [0.3, 0.4) is 0 Å². The molecule has 5 rings (SSSR count). The Hall–Kier alpha value is -4.43. The molecule has 0 fully saturated rings. The second kappa shape index (κ2) is 11.8. The van der Waals surface area contributed by atoms with Crippen molar-refractivity contribution in [1.29, 1.82) is 0 Å². The van der Waals surface area contributed by atoms with Crippen molar-refractivity contribution in [1.82, 2.24) is 5.01 Å². The number of carbonyl (C=O) groups is 2. The minimum Gasteiger partial charge on any atom is -0.492 e. The number of para-hydroxylation sites is 1. The Labute approximate surface area is 236 Å². The highest BCUT2D eigenvalue weighted by atomic mass is 32.2. The normalized spacial score (nSPS) is 14.6. The molecular weight excluding hydrogens is 527 g/mol. The molecule has 0 aliphatic carbocycles. The highest BCUT2D eigenvalue weighted by Crippen LogP contribution is 2.47. The number of benzene rings is 4. The number of hydrogen-bond acceptors (Lipinski definition) is 6. The molecule has 1 aliphatic rings. The predicted octanol–water partition coefficient (Wildman–Crippen LogP) is 7.17. The number of rotatable bonds is 8. The molecule has 4 aromatic rings. The summed E-state index contributed by atoms with van der Waals surface area (Å²) in [5.74, 6) is 0.336. The summed E-state index contributed by atoms with van der Waals surface area (Å²) in [5.41, 5.74) is 4.22. The van der Waals surface area contributed by atoms with E-state index in [1.807, 2.05) is 49.4 Å². The molecule has 40 heavy (non-hydrogen) atoms. The van der Waals surface area contributed by atoms with E-state index in [2.05, 4.69) is 0 Å². The Morgan fingerprint density at radius 3 is 2.45 bits per heavy atom. The number of ether oxygens (including phenoxy) is 2. The van der Waals surface area contributed by atoms with Crippen LogP contribution >= 0.6 is 11.8 Å². The summed E-state index contributed by atoms with van der Waals surface area (Å²) < 4.78 is 25.6. The van der Waals surface area contributed by atoms with Crippen LogP contribution in [0.4, 0.5) is 4.39 Å². The Bertz CT molecular complexity index is 1600. The first kappa shape index (κ1) is 27.1. The fourth-order valence-corrected chi connectivity index (χ4v) is 5.61. The van der Waals surface area contributed by atoms with E-state index in [1.54, 1.807) is 43.5 Å². The van der Waals surface area contributed by atoms with Crippen LogP contribution < -0.4 is 9.47 Å². The van der Waals surface area contributed by atoms with Crippen molar-refractivity contribution in [2.45, 2.75) is 25.8 Å². The fraction of sp³-hybridized carbons (Fsp3) is 0.156. The molecule has 0 aromatic heterocycles. The number of carbonyl (C=O) groups excluding carboxylic acids is 2. The summed E-state index contributed by atoms with van der Waals surface area (Å²) in [4.78, 5) is 25.6. The number of amides is 1. The van der Waals surface area contributed by atoms with E-state index >= 15 is 0 Å². The molecule has 202 valence electrons. The second-order valence-electron chi connectivity index (χ2n) is 9.27. The molecule has 6 nitrogen and oxygen atoms in total. The molecule has 0 saturated carbocycles. The smallest absolute Gasteiger partial charge is 0.275 e. The molecule has 1 heterocycles. The Kier molecular flexibility index (Phi) is 7.98. The third kappa shape index (κ3) is 5.62. The summed E-state index contributed by atoms with van der Waals surface area (Å²) in [7, 11) is 1.55. The van der Waals surface area contributed by atoms with E-state index < -0.39 is 5.37 Å². The van der Waals surface area contributed by atoms with E-state index in [0.29, 0.717) is 38.8 Å². The number of aryl methyl sites for hydroxylation is 1. The average Bonchev–Trinajstić information content (AvgIpc) is 3.41. The quantitative estimate of drug-likeness (QED) is 0.216. The van der Waals surface area contributed by atoms with Crippen LogP contribution in [0, 0.1) is 12.7 Å². The highest BCUT2D eigenvalue weighted by molar-refractivity contribution is 8.14. The van der Waals surface area contributed by atoms with Gasteiger partial charge in [-0.15, -0.1) is 0 Å². The maximum absolute atomic E-state index is 13.8. The number of halogens is 1. The first-order chi connectivity index (χ1) is 19.4. The lowest BCUT2D eigenvalue weighted by atomic mass is 10.1. The summed E-state index contributed by atoms with van der Waals surface area (Å²) in [6, 6.07) is 26.2. The zero-order valence-corrected chi connectivity index (χ0v) is 23.1. The van der Waals surface area contributed by atoms with Gasteiger partial charge in [-0.1, -0.05) is 60.3 Å². The van der Waals surface area contributed by atoms with Gasteiger partial charge >= 0.3 is 0 Å². The van der Waals surface area contributed by atoms with Crippen molar-refractivity contribution in [3.05, 3.63) is 130 Å². The summed E-state index contributed by atoms with van der Waals surface area (Å²) in [5, 5.41) is 6.17. The lowest BCUT2D eigenvalue weighted by Gasteiger charge is -2.24. The number of Topliss-reactive ketones (excluding diaryl/α,β-unsaturated/α-hetero) is 1. The number of hydrazone groups is 1. The van der Waals surface area contributed by atoms with Gasteiger partial charge in [0.1, 0.15) is 22.8 Å². The molecule has 0 N–H and O–H groups in total. The van der Waals surface area contributed by atoms with Crippen LogP contribution in [0.15, 0.2) is 96.1 Å². The fourth-order valence-electron chi connectivity index (χ4n) is 4.43. The predicted molar refractivity (Wildman–Crippen MR) is 154 cm³/mol. The summed E-state index contributed by atoms with van der Waals surface area (Å²) >= 11 is 1.38. The monoisotopic (exact) mass is 554 g/mol. The number of thioether (sulfide) groups is 1. The molecule has 1 atom stereocenters. The van der Waals surface area contributed by atoms with Crippen LogP contribution in [-0.4, -0.2) is 28.9 Å². The maximum atomic E-state index is 13.8. The van der Waals surface area contributed by atoms with E-state index in [-0.39, 0.29) is 24.1 Å². The van der Waals surface area contributed by atoms with Gasteiger partial charge in [-0.25, -0.2) is 9.40 Å². The zero-order valence-electron chi connectivity index (χ0n) is 22.3. The van der Waals surface area contributed by atoms with Crippen molar-refractivity contribution in [3.63, 3.8) is 0 Å². The molecule has 8 heteroatoms. The van der Waals surface area contributed by atoms with E-state index in [1.165, 1.54) is 35.8 Å². The molecule has 0 saturated heterocycles. The lowest BCUT2D eigenvalue weighted by molar-refractivity contribution is 0.0746. The first-order valence-corrected chi connectivity index (χ1v) is 13.5.